The van der Waals surface area contributed by atoms with Crippen molar-refractivity contribution >= 4 is 205 Å². The average molecular weight is 1730 g/mol. The van der Waals surface area contributed by atoms with Crippen molar-refractivity contribution in [1.29, 1.82) is 0 Å². The van der Waals surface area contributed by atoms with Gasteiger partial charge in [-0.2, -0.15) is 46.7 Å². The molecule has 0 saturated heterocycles. The van der Waals surface area contributed by atoms with Gasteiger partial charge in [-0.3, -0.25) is 9.11 Å². The van der Waals surface area contributed by atoms with Crippen molar-refractivity contribution in [3.63, 3.8) is 0 Å². The summed E-state index contributed by atoms with van der Waals surface area (Å²) in [5.41, 5.74) is -6.17. The Labute approximate surface area is 785 Å². The number of rotatable bonds is 21. The molecular weight excluding hydrogens is 1700 g/mol. The van der Waals surface area contributed by atoms with Crippen LogP contribution in [0.25, 0.3) is 43.1 Å². The maximum atomic E-state index is 14.4. The summed E-state index contributed by atoms with van der Waals surface area (Å²) < 4.78 is 294. The molecule has 40 nitrogen and oxygen atoms in total. The fourth-order valence-electron chi connectivity index (χ4n) is 9.43. The van der Waals surface area contributed by atoms with Crippen molar-refractivity contribution in [3.8, 4) is 11.5 Å². The van der Waals surface area contributed by atoms with Gasteiger partial charge >= 0.3 is 236 Å². The molecule has 2 heterocycles. The Kier molecular flexibility index (Phi) is 36.5. The monoisotopic (exact) mass is 1720 g/mol. The van der Waals surface area contributed by atoms with E-state index < -0.39 is 243 Å². The molecule has 0 aliphatic heterocycles. The fourth-order valence-corrected chi connectivity index (χ4v) is 15.1. The summed E-state index contributed by atoms with van der Waals surface area (Å²) in [5, 5.41) is 46.3. The first-order valence-corrected chi connectivity index (χ1v) is 37.5. The van der Waals surface area contributed by atoms with Gasteiger partial charge < -0.3 is 58.8 Å². The summed E-state index contributed by atoms with van der Waals surface area (Å²) in [4.78, 5) is 13.8. The predicted octanol–water partition coefficient (Wildman–Crippen LogP) is -20.1. The van der Waals surface area contributed by atoms with Crippen LogP contribution in [0.1, 0.15) is 0 Å². The summed E-state index contributed by atoms with van der Waals surface area (Å²) in [5.74, 6) is -5.49. The fraction of sp³-hybridized carbons (Fsp3) is 0.0417. The minimum absolute atomic E-state index is 0. The van der Waals surface area contributed by atoms with Crippen molar-refractivity contribution in [2.45, 2.75) is 39.2 Å². The zero-order valence-corrected chi connectivity index (χ0v) is 78.9. The van der Waals surface area contributed by atoms with Crippen LogP contribution in [0.15, 0.2) is 157 Å². The van der Waals surface area contributed by atoms with E-state index in [-0.39, 0.29) is 250 Å². The molecule has 0 unspecified atom stereocenters. The van der Waals surface area contributed by atoms with E-state index in [1.807, 2.05) is 0 Å². The van der Waals surface area contributed by atoms with Crippen LogP contribution >= 0.6 is 23.2 Å². The van der Waals surface area contributed by atoms with E-state index in [1.165, 1.54) is 0 Å². The average Bonchev–Trinajstić information content (AvgIpc) is 0.735. The molecule has 0 aliphatic carbocycles. The molecule has 0 spiro atoms. The van der Waals surface area contributed by atoms with E-state index >= 15 is 0 Å². The normalized spacial score (nSPS) is 12.1. The third kappa shape index (κ3) is 23.3. The Morgan fingerprint density at radius 1 is 0.368 bits per heavy atom. The van der Waals surface area contributed by atoms with Gasteiger partial charge in [0.1, 0.15) is 81.9 Å². The Hall–Kier alpha value is -1.32. The summed E-state index contributed by atoms with van der Waals surface area (Å²) >= 11 is 12.4. The standard InChI is InChI=1S/C48H34Cl2N14O26S8.8Na/c49-43-55-45(59-47(57-43)53-29-17-21(91(67,68)69)13-19-15-33(95(79,80)81)37(39(65)35(19)29)63-61-27-9-7-23-25(41(27)97(85,86)87)3-1-5-31(23)93(73,74)75)51-11-12-52-46-56-44(50)58-48(60-46)54-30-18-22(92(70,71)72)14-20-16-34(96(82,83)84)38(40(66)36(20)30)64-62-28-10-8-24-26(42(28)98(88,89)90)4-2-6-32(24)94(76,77)78;;;;;;;;/h1-10,13-18,65-66H,11-12H2,(H,67,68,69)(H,70,71,72)(H,73,74,75)(H,76,77,78)(H,79,80,81)(H,82,83,84)(H,85,86,87)(H,88,89,90)(H2,51,53,55,57,59)(H2,52,54,56,58,60);;;;;;;;/q;8*+1/p-8. The Morgan fingerprint density at radius 3 is 0.972 bits per heavy atom. The number of benzene rings is 8. The Morgan fingerprint density at radius 2 is 0.679 bits per heavy atom. The number of nitrogens with zero attached hydrogens (tertiary/aromatic N) is 10. The van der Waals surface area contributed by atoms with Gasteiger partial charge in [0.2, 0.25) is 34.4 Å². The molecule has 10 aromatic rings. The van der Waals surface area contributed by atoms with Crippen molar-refractivity contribution in [2.75, 3.05) is 34.4 Å². The van der Waals surface area contributed by atoms with Gasteiger partial charge in [-0.1, -0.05) is 47.9 Å². The third-order valence-corrected chi connectivity index (χ3v) is 20.5. The first-order valence-electron chi connectivity index (χ1n) is 25.4. The second-order valence-electron chi connectivity index (χ2n) is 19.5. The quantitative estimate of drug-likeness (QED) is 0.0168. The van der Waals surface area contributed by atoms with E-state index in [1.54, 1.807) is 0 Å². The number of hydrogen-bond acceptors (Lipinski definition) is 38. The Bertz CT molecular complexity index is 5870. The number of hydrogen-bond donors (Lipinski definition) is 6. The van der Waals surface area contributed by atoms with E-state index in [2.05, 4.69) is 71.6 Å². The van der Waals surface area contributed by atoms with Crippen LogP contribution in [0, 0.1) is 0 Å². The second-order valence-corrected chi connectivity index (χ2v) is 31.0. The maximum absolute atomic E-state index is 14.4. The maximum Gasteiger partial charge on any atom is 1.00 e. The number of azo groups is 2. The number of fused-ring (bicyclic) bond motifs is 4. The molecule has 106 heavy (non-hydrogen) atoms. The molecule has 8 aromatic carbocycles. The summed E-state index contributed by atoms with van der Waals surface area (Å²) in [7, 11) is -44.4. The molecular formula is C48H26Cl2N14Na8O26S8. The van der Waals surface area contributed by atoms with Gasteiger partial charge in [0.15, 0.2) is 0 Å². The first kappa shape index (κ1) is 101. The molecule has 0 bridgehead atoms. The SMILES string of the molecule is O=S(=O)([O-])c1cc(Nc2nc(Cl)nc(NCCNc3nc(Cl)nc(Nc4cc(S(=O)(=O)[O-])cc5cc(S(=O)(=O)[O-])c(N=Nc6ccc7c(S(=O)(=O)[O-])cccc7c6S(=O)(=O)O)c([O-])c45)n3)n2)c2c([O-])c(N=Nc3ccc4c(S(=O)(=O)[O-])cccc4c3S(=O)(=O)O)c(S(=O)(=O)[O-])cc2c1.[Na+].[Na+].[Na+].[Na+].[Na+].[Na+].[Na+].[Na+]. The first-order chi connectivity index (χ1) is 45.3. The van der Waals surface area contributed by atoms with Crippen molar-refractivity contribution in [3.05, 3.63) is 108 Å². The Balaban J connectivity index is 0.00000477. The van der Waals surface area contributed by atoms with E-state index in [0.29, 0.717) is 48.5 Å². The smallest absolute Gasteiger partial charge is 0.870 e. The minimum Gasteiger partial charge on any atom is -0.870 e. The molecule has 0 saturated carbocycles. The molecule has 0 fully saturated rings. The number of anilines is 6. The van der Waals surface area contributed by atoms with Gasteiger partial charge in [-0.15, -0.1) is 20.5 Å². The van der Waals surface area contributed by atoms with Gasteiger partial charge in [0, 0.05) is 46.0 Å². The predicted molar refractivity (Wildman–Crippen MR) is 324 cm³/mol. The van der Waals surface area contributed by atoms with E-state index in [4.69, 9.17) is 23.2 Å². The summed E-state index contributed by atoms with van der Waals surface area (Å²) in [6.07, 6.45) is 0. The van der Waals surface area contributed by atoms with Crippen LogP contribution < -0.4 is 268 Å². The van der Waals surface area contributed by atoms with E-state index in [0.717, 1.165) is 48.5 Å². The van der Waals surface area contributed by atoms with Gasteiger partial charge in [0.25, 0.3) is 20.2 Å². The second kappa shape index (κ2) is 38.4. The minimum atomic E-state index is -5.87. The number of aromatic nitrogens is 6. The zero-order valence-electron chi connectivity index (χ0n) is 54.8. The molecule has 0 radical (unpaired) electrons. The summed E-state index contributed by atoms with van der Waals surface area (Å²) in [6, 6.07) is 11.1. The molecule has 2 aromatic heterocycles. The van der Waals surface area contributed by atoms with Crippen LogP contribution in [0.3, 0.4) is 0 Å². The largest absolute Gasteiger partial charge is 1.00 e. The number of nitrogens with one attached hydrogen (secondary N) is 4. The number of halogens is 2. The topological polar surface area (TPSA) is 673 Å². The van der Waals surface area contributed by atoms with Crippen molar-refractivity contribution in [2.24, 2.45) is 20.5 Å². The molecule has 0 atom stereocenters. The zero-order chi connectivity index (χ0) is 71.9. The van der Waals surface area contributed by atoms with Gasteiger partial charge in [-0.25, -0.2) is 50.5 Å². The molecule has 0 amide bonds. The van der Waals surface area contributed by atoms with Crippen LogP contribution in [-0.4, -0.2) is 147 Å². The molecule has 10 rings (SSSR count). The summed E-state index contributed by atoms with van der Waals surface area (Å²) in [6.45, 7) is -0.604. The van der Waals surface area contributed by atoms with Crippen molar-refractivity contribution < 1.29 is 350 Å². The molecule has 0 aliphatic rings. The van der Waals surface area contributed by atoms with Gasteiger partial charge in [0.05, 0.1) is 40.7 Å². The van der Waals surface area contributed by atoms with Gasteiger partial charge in [-0.05, 0) is 105 Å². The van der Waals surface area contributed by atoms with Crippen LogP contribution in [0.2, 0.25) is 10.6 Å². The van der Waals surface area contributed by atoms with Crippen LogP contribution in [0.5, 0.6) is 11.5 Å². The van der Waals surface area contributed by atoms with Crippen molar-refractivity contribution in [1.82, 2.24) is 29.9 Å². The molecule has 58 heteroatoms. The molecule has 6 N–H and O–H groups in total. The third-order valence-electron chi connectivity index (χ3n) is 13.2. The van der Waals surface area contributed by atoms with E-state index in [9.17, 15) is 114 Å². The van der Waals surface area contributed by atoms with Crippen LogP contribution in [-0.2, 0) is 80.9 Å². The van der Waals surface area contributed by atoms with Crippen LogP contribution in [0.4, 0.5) is 57.9 Å². The molecule has 514 valence electrons.